The van der Waals surface area contributed by atoms with E-state index in [1.54, 1.807) is 18.2 Å². The summed E-state index contributed by atoms with van der Waals surface area (Å²) in [7, 11) is 1.39. The third-order valence-corrected chi connectivity index (χ3v) is 5.61. The van der Waals surface area contributed by atoms with Crippen molar-refractivity contribution in [2.75, 3.05) is 20.1 Å². The molecule has 0 spiro atoms. The minimum atomic E-state index is -5.02. The van der Waals surface area contributed by atoms with Crippen molar-refractivity contribution in [1.82, 2.24) is 10.2 Å². The van der Waals surface area contributed by atoms with Crippen LogP contribution >= 0.6 is 11.6 Å². The minimum absolute atomic E-state index is 0.0100. The molecular formula is C21H19ClF6N2O. The van der Waals surface area contributed by atoms with Crippen LogP contribution < -0.4 is 5.32 Å². The smallest absolute Gasteiger partial charge is 0.338 e. The molecule has 1 saturated heterocycles. The van der Waals surface area contributed by atoms with E-state index < -0.39 is 41.0 Å². The Kier molecular flexibility index (Phi) is 6.57. The van der Waals surface area contributed by atoms with Gasteiger partial charge < -0.3 is 10.2 Å². The van der Waals surface area contributed by atoms with Crippen molar-refractivity contribution >= 4 is 17.5 Å². The fourth-order valence-corrected chi connectivity index (χ4v) is 4.02. The number of piperidine rings is 1. The SMILES string of the molecule is CN(C(=O)c1cc(C(F)(F)F)cc(C(F)(F)F)c1)[C@@H]1CCNC[C@H]1c1cccc(Cl)c1. The fraction of sp³-hybridized carbons (Fsp3) is 0.381. The molecule has 0 radical (unpaired) electrons. The lowest BCUT2D eigenvalue weighted by Gasteiger charge is -2.39. The lowest BCUT2D eigenvalue weighted by molar-refractivity contribution is -0.143. The molecule has 1 amide bonds. The molecule has 1 aliphatic heterocycles. The zero-order valence-electron chi connectivity index (χ0n) is 16.3. The average molecular weight is 465 g/mol. The first-order valence-electron chi connectivity index (χ1n) is 9.41. The van der Waals surface area contributed by atoms with Gasteiger partial charge in [-0.05, 0) is 48.9 Å². The van der Waals surface area contributed by atoms with Gasteiger partial charge >= 0.3 is 12.4 Å². The Balaban J connectivity index is 1.97. The largest absolute Gasteiger partial charge is 0.416 e. The Morgan fingerprint density at radius 3 is 2.19 bits per heavy atom. The Morgan fingerprint density at radius 1 is 1.03 bits per heavy atom. The first kappa shape index (κ1) is 23.4. The molecule has 1 aliphatic rings. The van der Waals surface area contributed by atoms with E-state index in [2.05, 4.69) is 5.32 Å². The number of alkyl halides is 6. The van der Waals surface area contributed by atoms with Gasteiger partial charge in [0.25, 0.3) is 5.91 Å². The average Bonchev–Trinajstić information content (AvgIpc) is 2.71. The third kappa shape index (κ3) is 5.33. The van der Waals surface area contributed by atoms with E-state index in [9.17, 15) is 31.1 Å². The van der Waals surface area contributed by atoms with Crippen LogP contribution in [0.15, 0.2) is 42.5 Å². The van der Waals surface area contributed by atoms with Crippen molar-refractivity contribution in [2.24, 2.45) is 0 Å². The maximum absolute atomic E-state index is 13.2. The van der Waals surface area contributed by atoms with E-state index in [1.165, 1.54) is 11.9 Å². The summed E-state index contributed by atoms with van der Waals surface area (Å²) in [5.74, 6) is -1.13. The summed E-state index contributed by atoms with van der Waals surface area (Å²) in [6, 6.07) is 7.48. The number of benzene rings is 2. The number of likely N-dealkylation sites (N-methyl/N-ethyl adjacent to an activating group) is 1. The number of carbonyl (C=O) groups is 1. The summed E-state index contributed by atoms with van der Waals surface area (Å²) in [6.45, 7) is 1.04. The summed E-state index contributed by atoms with van der Waals surface area (Å²) in [6.07, 6.45) is -9.57. The molecule has 31 heavy (non-hydrogen) atoms. The van der Waals surface area contributed by atoms with Gasteiger partial charge in [0.15, 0.2) is 0 Å². The molecule has 1 N–H and O–H groups in total. The van der Waals surface area contributed by atoms with Gasteiger partial charge in [0.05, 0.1) is 11.1 Å². The van der Waals surface area contributed by atoms with E-state index in [4.69, 9.17) is 11.6 Å². The molecule has 168 valence electrons. The zero-order chi connectivity index (χ0) is 23.0. The number of rotatable bonds is 3. The van der Waals surface area contributed by atoms with Crippen molar-refractivity contribution in [2.45, 2.75) is 30.7 Å². The molecule has 10 heteroatoms. The van der Waals surface area contributed by atoms with Gasteiger partial charge in [-0.25, -0.2) is 0 Å². The molecule has 1 heterocycles. The molecule has 0 aliphatic carbocycles. The molecule has 0 unspecified atom stereocenters. The lowest BCUT2D eigenvalue weighted by Crippen LogP contribution is -2.49. The molecular weight excluding hydrogens is 446 g/mol. The van der Waals surface area contributed by atoms with Gasteiger partial charge in [-0.15, -0.1) is 0 Å². The molecule has 1 fully saturated rings. The lowest BCUT2D eigenvalue weighted by atomic mass is 9.85. The second-order valence-corrected chi connectivity index (χ2v) is 7.87. The van der Waals surface area contributed by atoms with Crippen molar-refractivity contribution in [1.29, 1.82) is 0 Å². The van der Waals surface area contributed by atoms with Crippen LogP contribution in [-0.2, 0) is 12.4 Å². The van der Waals surface area contributed by atoms with E-state index in [0.717, 1.165) is 5.56 Å². The highest BCUT2D eigenvalue weighted by Gasteiger charge is 2.39. The second kappa shape index (κ2) is 8.70. The highest BCUT2D eigenvalue weighted by atomic mass is 35.5. The number of halogens is 7. The van der Waals surface area contributed by atoms with Crippen LogP contribution in [0, 0.1) is 0 Å². The summed E-state index contributed by atoms with van der Waals surface area (Å²) >= 11 is 6.06. The number of hydrogen-bond donors (Lipinski definition) is 1. The van der Waals surface area contributed by atoms with Crippen molar-refractivity contribution in [3.8, 4) is 0 Å². The molecule has 0 aromatic heterocycles. The molecule has 3 rings (SSSR count). The predicted octanol–water partition coefficient (Wildman–Crippen LogP) is 5.60. The molecule has 2 aromatic rings. The van der Waals surface area contributed by atoms with Crippen LogP contribution in [0.25, 0.3) is 0 Å². The van der Waals surface area contributed by atoms with E-state index in [1.807, 2.05) is 6.07 Å². The van der Waals surface area contributed by atoms with Gasteiger partial charge in [-0.3, -0.25) is 4.79 Å². The van der Waals surface area contributed by atoms with Crippen molar-refractivity contribution in [3.05, 3.63) is 69.7 Å². The van der Waals surface area contributed by atoms with Crippen LogP contribution in [0.4, 0.5) is 26.3 Å². The highest BCUT2D eigenvalue weighted by molar-refractivity contribution is 6.30. The molecule has 3 nitrogen and oxygen atoms in total. The summed E-state index contributed by atoms with van der Waals surface area (Å²) in [5, 5.41) is 3.69. The number of amides is 1. The molecule has 0 saturated carbocycles. The standard InChI is InChI=1S/C21H19ClF6N2O/c1-30(18-5-6-29-11-17(18)12-3-2-4-16(22)9-12)19(31)13-7-14(20(23,24)25)10-15(8-13)21(26,27)28/h2-4,7-10,17-18,29H,5-6,11H2,1H3/t17-,18+/m0/s1. The first-order valence-corrected chi connectivity index (χ1v) is 9.78. The normalized spacial score (nSPS) is 19.9. The number of nitrogens with one attached hydrogen (secondary N) is 1. The van der Waals surface area contributed by atoms with Gasteiger partial charge in [0.1, 0.15) is 0 Å². The molecule has 2 aromatic carbocycles. The van der Waals surface area contributed by atoms with Gasteiger partial charge in [-0.2, -0.15) is 26.3 Å². The van der Waals surface area contributed by atoms with Crippen molar-refractivity contribution < 1.29 is 31.1 Å². The maximum atomic E-state index is 13.2. The van der Waals surface area contributed by atoms with E-state index >= 15 is 0 Å². The number of hydrogen-bond acceptors (Lipinski definition) is 2. The summed E-state index contributed by atoms with van der Waals surface area (Å²) in [5.41, 5.74) is -2.87. The second-order valence-electron chi connectivity index (χ2n) is 7.43. The third-order valence-electron chi connectivity index (χ3n) is 5.37. The zero-order valence-corrected chi connectivity index (χ0v) is 17.1. The van der Waals surface area contributed by atoms with Gasteiger partial charge in [-0.1, -0.05) is 23.7 Å². The van der Waals surface area contributed by atoms with E-state index in [-0.39, 0.29) is 12.0 Å². The first-order chi connectivity index (χ1) is 14.4. The Hall–Kier alpha value is -2.26. The van der Waals surface area contributed by atoms with Gasteiger partial charge in [0.2, 0.25) is 0 Å². The monoisotopic (exact) mass is 464 g/mol. The maximum Gasteiger partial charge on any atom is 0.416 e. The van der Waals surface area contributed by atoms with Crippen LogP contribution in [-0.4, -0.2) is 37.0 Å². The summed E-state index contributed by atoms with van der Waals surface area (Å²) < 4.78 is 79.0. The van der Waals surface area contributed by atoms with Crippen molar-refractivity contribution in [3.63, 3.8) is 0 Å². The Labute approximate surface area is 180 Å². The van der Waals surface area contributed by atoms with E-state index in [0.29, 0.717) is 36.7 Å². The molecule has 2 atom stereocenters. The molecule has 0 bridgehead atoms. The van der Waals surface area contributed by atoms with Gasteiger partial charge in [0, 0.05) is 36.1 Å². The number of nitrogens with zero attached hydrogens (tertiary/aromatic N) is 1. The topological polar surface area (TPSA) is 32.3 Å². The summed E-state index contributed by atoms with van der Waals surface area (Å²) in [4.78, 5) is 14.2. The Morgan fingerprint density at radius 2 is 1.65 bits per heavy atom. The van der Waals surface area contributed by atoms with Crippen LogP contribution in [0.2, 0.25) is 5.02 Å². The fourth-order valence-electron chi connectivity index (χ4n) is 3.82. The minimum Gasteiger partial charge on any atom is -0.338 e. The quantitative estimate of drug-likeness (QED) is 0.600. The highest BCUT2D eigenvalue weighted by Crippen LogP contribution is 2.37. The van der Waals surface area contributed by atoms with Crippen LogP contribution in [0.5, 0.6) is 0 Å². The van der Waals surface area contributed by atoms with Crippen LogP contribution in [0.1, 0.15) is 39.4 Å². The van der Waals surface area contributed by atoms with Crippen LogP contribution in [0.3, 0.4) is 0 Å². The predicted molar refractivity (Wildman–Crippen MR) is 104 cm³/mol. The Bertz CT molecular complexity index is 927. The number of carbonyl (C=O) groups excluding carboxylic acids is 1.